The van der Waals surface area contributed by atoms with Crippen LogP contribution in [0.3, 0.4) is 0 Å². The van der Waals surface area contributed by atoms with E-state index in [9.17, 15) is 9.59 Å². The van der Waals surface area contributed by atoms with Crippen molar-refractivity contribution >= 4 is 17.5 Å². The van der Waals surface area contributed by atoms with E-state index in [2.05, 4.69) is 10.6 Å². The maximum Gasteiger partial charge on any atom is 0.221 e. The van der Waals surface area contributed by atoms with Gasteiger partial charge in [-0.1, -0.05) is 12.1 Å². The second kappa shape index (κ2) is 8.13. The molecule has 0 aliphatic heterocycles. The molecule has 19 heavy (non-hydrogen) atoms. The fraction of sp³-hybridized carbons (Fsp3) is 0.429. The summed E-state index contributed by atoms with van der Waals surface area (Å²) in [7, 11) is 0. The van der Waals surface area contributed by atoms with Crippen LogP contribution in [0.2, 0.25) is 0 Å². The van der Waals surface area contributed by atoms with E-state index in [0.717, 1.165) is 11.3 Å². The third-order valence-electron chi connectivity index (χ3n) is 2.67. The number of benzene rings is 1. The van der Waals surface area contributed by atoms with Gasteiger partial charge in [-0.15, -0.1) is 0 Å². The van der Waals surface area contributed by atoms with Crippen molar-refractivity contribution in [2.24, 2.45) is 0 Å². The van der Waals surface area contributed by atoms with Gasteiger partial charge >= 0.3 is 0 Å². The van der Waals surface area contributed by atoms with Gasteiger partial charge in [0.1, 0.15) is 0 Å². The number of hydrogen-bond acceptors (Lipinski definition) is 3. The van der Waals surface area contributed by atoms with Crippen molar-refractivity contribution in [2.45, 2.75) is 26.2 Å². The van der Waals surface area contributed by atoms with Crippen LogP contribution >= 0.6 is 0 Å². The summed E-state index contributed by atoms with van der Waals surface area (Å²) in [4.78, 5) is 22.7. The number of anilines is 1. The average molecular weight is 263 g/mol. The zero-order valence-electron chi connectivity index (χ0n) is 11.2. The molecule has 0 aromatic heterocycles. The molecule has 4 N–H and O–H groups in total. The third-order valence-corrected chi connectivity index (χ3v) is 2.67. The summed E-state index contributed by atoms with van der Waals surface area (Å²) in [6, 6.07) is 7.47. The van der Waals surface area contributed by atoms with E-state index in [1.54, 1.807) is 0 Å². The number of rotatable bonds is 7. The van der Waals surface area contributed by atoms with Gasteiger partial charge in [0.2, 0.25) is 11.8 Å². The fourth-order valence-electron chi connectivity index (χ4n) is 1.63. The van der Waals surface area contributed by atoms with Crippen LogP contribution in [-0.4, -0.2) is 24.9 Å². The largest absolute Gasteiger partial charge is 0.399 e. The van der Waals surface area contributed by atoms with Crippen molar-refractivity contribution in [3.05, 3.63) is 29.8 Å². The van der Waals surface area contributed by atoms with Crippen LogP contribution in [0.15, 0.2) is 24.3 Å². The van der Waals surface area contributed by atoms with Gasteiger partial charge in [-0.05, 0) is 31.0 Å². The standard InChI is InChI=1S/C14H21N3O2/c1-2-16-14(19)9-10-17-13(18)8-5-11-3-6-12(15)7-4-11/h3-4,6-7H,2,5,8-10,15H2,1H3,(H,16,19)(H,17,18). The molecule has 0 heterocycles. The second-order valence-electron chi connectivity index (χ2n) is 4.30. The van der Waals surface area contributed by atoms with Crippen LogP contribution in [0.25, 0.3) is 0 Å². The molecule has 5 nitrogen and oxygen atoms in total. The van der Waals surface area contributed by atoms with E-state index in [1.807, 2.05) is 31.2 Å². The Morgan fingerprint density at radius 1 is 1.05 bits per heavy atom. The van der Waals surface area contributed by atoms with Crippen molar-refractivity contribution in [1.82, 2.24) is 10.6 Å². The van der Waals surface area contributed by atoms with Gasteiger partial charge < -0.3 is 16.4 Å². The summed E-state index contributed by atoms with van der Waals surface area (Å²) >= 11 is 0. The molecule has 104 valence electrons. The molecule has 0 aliphatic carbocycles. The Hall–Kier alpha value is -2.04. The van der Waals surface area contributed by atoms with Crippen LogP contribution in [0.5, 0.6) is 0 Å². The van der Waals surface area contributed by atoms with E-state index in [1.165, 1.54) is 0 Å². The highest BCUT2D eigenvalue weighted by molar-refractivity contribution is 5.79. The Labute approximate surface area is 113 Å². The van der Waals surface area contributed by atoms with Gasteiger partial charge in [0.15, 0.2) is 0 Å². The van der Waals surface area contributed by atoms with E-state index < -0.39 is 0 Å². The van der Waals surface area contributed by atoms with Crippen molar-refractivity contribution in [3.63, 3.8) is 0 Å². The van der Waals surface area contributed by atoms with Gasteiger partial charge in [0.05, 0.1) is 0 Å². The first-order valence-electron chi connectivity index (χ1n) is 6.49. The molecule has 0 aliphatic rings. The highest BCUT2D eigenvalue weighted by Gasteiger charge is 2.04. The van der Waals surface area contributed by atoms with E-state index >= 15 is 0 Å². The zero-order valence-corrected chi connectivity index (χ0v) is 11.2. The second-order valence-corrected chi connectivity index (χ2v) is 4.30. The van der Waals surface area contributed by atoms with Crippen LogP contribution < -0.4 is 16.4 Å². The molecule has 0 spiro atoms. The molecule has 0 unspecified atom stereocenters. The van der Waals surface area contributed by atoms with Crippen molar-refractivity contribution in [1.29, 1.82) is 0 Å². The maximum atomic E-state index is 11.6. The first-order valence-corrected chi connectivity index (χ1v) is 6.49. The number of nitrogens with two attached hydrogens (primary N) is 1. The van der Waals surface area contributed by atoms with Crippen LogP contribution in [0.1, 0.15) is 25.3 Å². The third kappa shape index (κ3) is 6.45. The average Bonchev–Trinajstić information content (AvgIpc) is 2.38. The predicted octanol–water partition coefficient (Wildman–Crippen LogP) is 0.844. The van der Waals surface area contributed by atoms with Gasteiger partial charge in [0.25, 0.3) is 0 Å². The fourth-order valence-corrected chi connectivity index (χ4v) is 1.63. The molecule has 1 rings (SSSR count). The number of amides is 2. The lowest BCUT2D eigenvalue weighted by atomic mass is 10.1. The molecular weight excluding hydrogens is 242 g/mol. The number of nitrogen functional groups attached to an aromatic ring is 1. The Morgan fingerprint density at radius 3 is 2.32 bits per heavy atom. The first kappa shape index (κ1) is 15.0. The highest BCUT2D eigenvalue weighted by Crippen LogP contribution is 2.07. The lowest BCUT2D eigenvalue weighted by molar-refractivity contribution is -0.122. The summed E-state index contributed by atoms with van der Waals surface area (Å²) in [5, 5.41) is 5.41. The molecule has 0 fully saturated rings. The van der Waals surface area contributed by atoms with Crippen molar-refractivity contribution < 1.29 is 9.59 Å². The monoisotopic (exact) mass is 263 g/mol. The van der Waals surface area contributed by atoms with Crippen molar-refractivity contribution in [2.75, 3.05) is 18.8 Å². The molecule has 0 saturated carbocycles. The zero-order chi connectivity index (χ0) is 14.1. The number of carbonyl (C=O) groups is 2. The maximum absolute atomic E-state index is 11.6. The SMILES string of the molecule is CCNC(=O)CCNC(=O)CCc1ccc(N)cc1. The lowest BCUT2D eigenvalue weighted by Gasteiger charge is -2.05. The van der Waals surface area contributed by atoms with E-state index in [4.69, 9.17) is 5.73 Å². The summed E-state index contributed by atoms with van der Waals surface area (Å²) in [5.41, 5.74) is 7.38. The van der Waals surface area contributed by atoms with Gasteiger partial charge in [0, 0.05) is 31.6 Å². The first-order chi connectivity index (χ1) is 9.11. The Bertz CT molecular complexity index is 415. The number of nitrogens with one attached hydrogen (secondary N) is 2. The molecule has 0 bridgehead atoms. The molecule has 0 radical (unpaired) electrons. The minimum Gasteiger partial charge on any atom is -0.399 e. The van der Waals surface area contributed by atoms with E-state index in [0.29, 0.717) is 32.4 Å². The van der Waals surface area contributed by atoms with Crippen LogP contribution in [-0.2, 0) is 16.0 Å². The molecule has 1 aromatic rings. The molecule has 2 amide bonds. The molecule has 5 heteroatoms. The Kier molecular flexibility index (Phi) is 6.43. The van der Waals surface area contributed by atoms with Gasteiger partial charge in [-0.2, -0.15) is 0 Å². The summed E-state index contributed by atoms with van der Waals surface area (Å²) < 4.78 is 0. The topological polar surface area (TPSA) is 84.2 Å². The summed E-state index contributed by atoms with van der Waals surface area (Å²) in [6.07, 6.45) is 1.41. The minimum absolute atomic E-state index is 0.0404. The quantitative estimate of drug-likeness (QED) is 0.637. The summed E-state index contributed by atoms with van der Waals surface area (Å²) in [5.74, 6) is -0.0811. The smallest absolute Gasteiger partial charge is 0.221 e. The van der Waals surface area contributed by atoms with Crippen LogP contribution in [0, 0.1) is 0 Å². The highest BCUT2D eigenvalue weighted by atomic mass is 16.2. The number of carbonyl (C=O) groups excluding carboxylic acids is 2. The van der Waals surface area contributed by atoms with Gasteiger partial charge in [-0.3, -0.25) is 9.59 Å². The number of aryl methyl sites for hydroxylation is 1. The molecule has 0 saturated heterocycles. The normalized spacial score (nSPS) is 9.95. The Balaban J connectivity index is 2.17. The van der Waals surface area contributed by atoms with Gasteiger partial charge in [-0.25, -0.2) is 0 Å². The predicted molar refractivity (Wildman–Crippen MR) is 75.5 cm³/mol. The lowest BCUT2D eigenvalue weighted by Crippen LogP contribution is -2.30. The van der Waals surface area contributed by atoms with E-state index in [-0.39, 0.29) is 11.8 Å². The molecule has 1 aromatic carbocycles. The molecular formula is C14H21N3O2. The number of hydrogen-bond donors (Lipinski definition) is 3. The Morgan fingerprint density at radius 2 is 1.68 bits per heavy atom. The summed E-state index contributed by atoms with van der Waals surface area (Å²) in [6.45, 7) is 2.86. The van der Waals surface area contributed by atoms with Crippen LogP contribution in [0.4, 0.5) is 5.69 Å². The van der Waals surface area contributed by atoms with Crippen molar-refractivity contribution in [3.8, 4) is 0 Å². The molecule has 0 atom stereocenters. The minimum atomic E-state index is -0.0406.